The van der Waals surface area contributed by atoms with Gasteiger partial charge in [-0.05, 0) is 67.4 Å². The van der Waals surface area contributed by atoms with E-state index in [0.29, 0.717) is 27.6 Å². The Morgan fingerprint density at radius 1 is 1.16 bits per heavy atom. The Morgan fingerprint density at radius 3 is 2.68 bits per heavy atom. The SMILES string of the molecule is Cc1ccc(NC(=O)/C(C#N)=C/c2cc(Cl)ccc2OCc2cccc(F)c2)c(C)c1. The number of carbonyl (C=O) groups is 1. The zero-order chi connectivity index (χ0) is 22.4. The topological polar surface area (TPSA) is 62.1 Å². The number of anilines is 1. The highest BCUT2D eigenvalue weighted by Gasteiger charge is 2.13. The van der Waals surface area contributed by atoms with Gasteiger partial charge in [-0.1, -0.05) is 41.4 Å². The van der Waals surface area contributed by atoms with Gasteiger partial charge in [-0.3, -0.25) is 4.79 Å². The molecule has 0 bridgehead atoms. The molecule has 1 amide bonds. The summed E-state index contributed by atoms with van der Waals surface area (Å²) in [4.78, 5) is 12.7. The van der Waals surface area contributed by atoms with E-state index in [1.807, 2.05) is 32.0 Å². The van der Waals surface area contributed by atoms with E-state index in [9.17, 15) is 14.4 Å². The van der Waals surface area contributed by atoms with Gasteiger partial charge in [0.2, 0.25) is 0 Å². The average molecular weight is 435 g/mol. The van der Waals surface area contributed by atoms with Crippen molar-refractivity contribution in [1.82, 2.24) is 0 Å². The maximum absolute atomic E-state index is 13.4. The van der Waals surface area contributed by atoms with E-state index in [-0.39, 0.29) is 18.0 Å². The van der Waals surface area contributed by atoms with E-state index < -0.39 is 5.91 Å². The third kappa shape index (κ3) is 5.94. The first-order chi connectivity index (χ1) is 14.9. The fraction of sp³-hybridized carbons (Fsp3) is 0.120. The van der Waals surface area contributed by atoms with Gasteiger partial charge in [0.25, 0.3) is 5.91 Å². The summed E-state index contributed by atoms with van der Waals surface area (Å²) < 4.78 is 19.2. The molecule has 0 saturated carbocycles. The predicted octanol–water partition coefficient (Wildman–Crippen LogP) is 6.22. The van der Waals surface area contributed by atoms with Crippen LogP contribution in [0.3, 0.4) is 0 Å². The number of halogens is 2. The number of nitrogens with zero attached hydrogens (tertiary/aromatic N) is 1. The van der Waals surface area contributed by atoms with Crippen LogP contribution in [0.2, 0.25) is 5.02 Å². The third-order valence-corrected chi connectivity index (χ3v) is 4.79. The summed E-state index contributed by atoms with van der Waals surface area (Å²) in [6.45, 7) is 3.97. The molecule has 3 aromatic carbocycles. The summed E-state index contributed by atoms with van der Waals surface area (Å²) in [6, 6.07) is 18.5. The standard InChI is InChI=1S/C25H20ClFN2O2/c1-16-6-8-23(17(2)10-16)29-25(30)20(14-28)12-19-13-21(26)7-9-24(19)31-15-18-4-3-5-22(27)11-18/h3-13H,15H2,1-2H3,(H,29,30)/b20-12+. The number of nitrogens with one attached hydrogen (secondary N) is 1. The van der Waals surface area contributed by atoms with Crippen LogP contribution in [0.5, 0.6) is 5.75 Å². The molecule has 3 rings (SSSR count). The predicted molar refractivity (Wildman–Crippen MR) is 120 cm³/mol. The molecular formula is C25H20ClFN2O2. The number of hydrogen-bond acceptors (Lipinski definition) is 3. The Bertz CT molecular complexity index is 1200. The fourth-order valence-electron chi connectivity index (χ4n) is 3.00. The molecule has 4 nitrogen and oxygen atoms in total. The van der Waals surface area contributed by atoms with Crippen molar-refractivity contribution in [2.24, 2.45) is 0 Å². The highest BCUT2D eigenvalue weighted by atomic mass is 35.5. The van der Waals surface area contributed by atoms with Crippen LogP contribution in [-0.2, 0) is 11.4 Å². The van der Waals surface area contributed by atoms with Crippen molar-refractivity contribution < 1.29 is 13.9 Å². The fourth-order valence-corrected chi connectivity index (χ4v) is 3.18. The lowest BCUT2D eigenvalue weighted by Crippen LogP contribution is -2.14. The lowest BCUT2D eigenvalue weighted by Gasteiger charge is -2.11. The number of ether oxygens (including phenoxy) is 1. The molecule has 31 heavy (non-hydrogen) atoms. The van der Waals surface area contributed by atoms with Crippen LogP contribution in [-0.4, -0.2) is 5.91 Å². The summed E-state index contributed by atoms with van der Waals surface area (Å²) in [5, 5.41) is 12.7. The molecule has 1 N–H and O–H groups in total. The molecule has 0 radical (unpaired) electrons. The van der Waals surface area contributed by atoms with Crippen molar-refractivity contribution in [3.05, 3.63) is 99.3 Å². The van der Waals surface area contributed by atoms with E-state index in [0.717, 1.165) is 11.1 Å². The van der Waals surface area contributed by atoms with Crippen LogP contribution in [0.25, 0.3) is 6.08 Å². The van der Waals surface area contributed by atoms with Crippen LogP contribution in [0.4, 0.5) is 10.1 Å². The van der Waals surface area contributed by atoms with Crippen LogP contribution in [0.15, 0.2) is 66.2 Å². The maximum atomic E-state index is 13.4. The number of nitriles is 1. The Balaban J connectivity index is 1.84. The quantitative estimate of drug-likeness (QED) is 0.370. The average Bonchev–Trinajstić information content (AvgIpc) is 2.73. The Morgan fingerprint density at radius 2 is 1.97 bits per heavy atom. The van der Waals surface area contributed by atoms with Crippen LogP contribution < -0.4 is 10.1 Å². The first-order valence-corrected chi connectivity index (χ1v) is 9.90. The number of carbonyl (C=O) groups excluding carboxylic acids is 1. The second kappa shape index (κ2) is 9.92. The van der Waals surface area contributed by atoms with Gasteiger partial charge < -0.3 is 10.1 Å². The number of benzene rings is 3. The largest absolute Gasteiger partial charge is 0.488 e. The summed E-state index contributed by atoms with van der Waals surface area (Å²) in [5.41, 5.74) is 3.62. The van der Waals surface area contributed by atoms with E-state index >= 15 is 0 Å². The Labute approximate surface area is 185 Å². The molecule has 0 atom stereocenters. The lowest BCUT2D eigenvalue weighted by atomic mass is 10.1. The summed E-state index contributed by atoms with van der Waals surface area (Å²) in [6.07, 6.45) is 1.42. The minimum absolute atomic E-state index is 0.0992. The zero-order valence-electron chi connectivity index (χ0n) is 17.1. The van der Waals surface area contributed by atoms with Gasteiger partial charge in [-0.25, -0.2) is 4.39 Å². The molecule has 0 aromatic heterocycles. The van der Waals surface area contributed by atoms with E-state index in [1.165, 1.54) is 18.2 Å². The third-order valence-electron chi connectivity index (χ3n) is 4.55. The normalized spacial score (nSPS) is 11.0. The number of amides is 1. The van der Waals surface area contributed by atoms with Crippen LogP contribution in [0.1, 0.15) is 22.3 Å². The molecule has 6 heteroatoms. The monoisotopic (exact) mass is 434 g/mol. The van der Waals surface area contributed by atoms with Gasteiger partial charge in [0.1, 0.15) is 29.8 Å². The minimum Gasteiger partial charge on any atom is -0.488 e. The molecule has 156 valence electrons. The van der Waals surface area contributed by atoms with Gasteiger partial charge >= 0.3 is 0 Å². The van der Waals surface area contributed by atoms with Crippen molar-refractivity contribution in [1.29, 1.82) is 5.26 Å². The highest BCUT2D eigenvalue weighted by Crippen LogP contribution is 2.27. The molecule has 0 spiro atoms. The molecule has 0 unspecified atom stereocenters. The van der Waals surface area contributed by atoms with Gasteiger partial charge in [0, 0.05) is 16.3 Å². The molecule has 0 heterocycles. The lowest BCUT2D eigenvalue weighted by molar-refractivity contribution is -0.112. The smallest absolute Gasteiger partial charge is 0.266 e. The van der Waals surface area contributed by atoms with Crippen molar-refractivity contribution in [2.75, 3.05) is 5.32 Å². The summed E-state index contributed by atoms with van der Waals surface area (Å²) >= 11 is 6.11. The molecule has 0 fully saturated rings. The minimum atomic E-state index is -0.537. The maximum Gasteiger partial charge on any atom is 0.266 e. The molecule has 0 aliphatic rings. The van der Waals surface area contributed by atoms with Crippen molar-refractivity contribution in [3.63, 3.8) is 0 Å². The second-order valence-electron chi connectivity index (χ2n) is 7.04. The number of aryl methyl sites for hydroxylation is 2. The zero-order valence-corrected chi connectivity index (χ0v) is 17.8. The van der Waals surface area contributed by atoms with Gasteiger partial charge in [0.05, 0.1) is 0 Å². The van der Waals surface area contributed by atoms with Crippen molar-refractivity contribution in [2.45, 2.75) is 20.5 Å². The van der Waals surface area contributed by atoms with Gasteiger partial charge in [-0.15, -0.1) is 0 Å². The second-order valence-corrected chi connectivity index (χ2v) is 7.48. The van der Waals surface area contributed by atoms with Gasteiger partial charge in [-0.2, -0.15) is 5.26 Å². The van der Waals surface area contributed by atoms with E-state index in [1.54, 1.807) is 36.4 Å². The summed E-state index contributed by atoms with van der Waals surface area (Å²) in [7, 11) is 0. The molecule has 0 saturated heterocycles. The molecular weight excluding hydrogens is 415 g/mol. The molecule has 3 aromatic rings. The van der Waals surface area contributed by atoms with Gasteiger partial charge in [0.15, 0.2) is 0 Å². The number of hydrogen-bond donors (Lipinski definition) is 1. The van der Waals surface area contributed by atoms with Crippen molar-refractivity contribution in [3.8, 4) is 11.8 Å². The molecule has 0 aliphatic heterocycles. The Kier molecular flexibility index (Phi) is 7.07. The number of rotatable bonds is 6. The van der Waals surface area contributed by atoms with Crippen molar-refractivity contribution >= 4 is 29.3 Å². The highest BCUT2D eigenvalue weighted by molar-refractivity contribution is 6.30. The molecule has 0 aliphatic carbocycles. The first-order valence-electron chi connectivity index (χ1n) is 9.53. The van der Waals surface area contributed by atoms with Crippen LogP contribution >= 0.6 is 11.6 Å². The Hall–Kier alpha value is -3.62. The first kappa shape index (κ1) is 22.1. The summed E-state index contributed by atoms with van der Waals surface area (Å²) in [5.74, 6) is -0.474. The van der Waals surface area contributed by atoms with E-state index in [4.69, 9.17) is 16.3 Å². The van der Waals surface area contributed by atoms with Crippen LogP contribution in [0, 0.1) is 31.0 Å². The van der Waals surface area contributed by atoms with E-state index in [2.05, 4.69) is 5.32 Å².